The number of piperidine rings is 1. The molecule has 1 aromatic carbocycles. The van der Waals surface area contributed by atoms with Gasteiger partial charge in [0.15, 0.2) is 0 Å². The van der Waals surface area contributed by atoms with Crippen LogP contribution in [0, 0.1) is 5.92 Å². The zero-order valence-corrected chi connectivity index (χ0v) is 16.0. The first-order chi connectivity index (χ1) is 12.8. The summed E-state index contributed by atoms with van der Waals surface area (Å²) in [4.78, 5) is 9.55. The third kappa shape index (κ3) is 4.93. The van der Waals surface area contributed by atoms with Crippen LogP contribution in [0.2, 0.25) is 0 Å². The number of pyridine rings is 1. The van der Waals surface area contributed by atoms with Crippen LogP contribution in [0.15, 0.2) is 48.7 Å². The molecule has 2 aromatic rings. The van der Waals surface area contributed by atoms with Crippen molar-refractivity contribution in [2.75, 3.05) is 20.1 Å². The summed E-state index contributed by atoms with van der Waals surface area (Å²) in [6, 6.07) is 16.4. The highest BCUT2D eigenvalue weighted by atomic mass is 15.2. The lowest BCUT2D eigenvalue weighted by Crippen LogP contribution is -2.30. The molecule has 0 atom stereocenters. The first-order valence-corrected chi connectivity index (χ1v) is 10.2. The van der Waals surface area contributed by atoms with E-state index in [1.807, 2.05) is 12.3 Å². The minimum absolute atomic E-state index is 0.746. The minimum Gasteiger partial charge on any atom is -0.306 e. The molecule has 4 rings (SSSR count). The second kappa shape index (κ2) is 8.32. The van der Waals surface area contributed by atoms with Crippen molar-refractivity contribution in [3.63, 3.8) is 0 Å². The van der Waals surface area contributed by atoms with Crippen LogP contribution in [0.25, 0.3) is 0 Å². The van der Waals surface area contributed by atoms with E-state index in [4.69, 9.17) is 0 Å². The van der Waals surface area contributed by atoms with Crippen molar-refractivity contribution in [2.24, 2.45) is 5.92 Å². The van der Waals surface area contributed by atoms with Crippen LogP contribution in [0.5, 0.6) is 0 Å². The van der Waals surface area contributed by atoms with Crippen LogP contribution in [-0.4, -0.2) is 41.0 Å². The summed E-state index contributed by atoms with van der Waals surface area (Å²) >= 11 is 0. The van der Waals surface area contributed by atoms with E-state index in [1.165, 1.54) is 62.0 Å². The van der Waals surface area contributed by atoms with Gasteiger partial charge in [-0.1, -0.05) is 30.3 Å². The minimum atomic E-state index is 0.746. The van der Waals surface area contributed by atoms with Crippen LogP contribution in [-0.2, 0) is 19.5 Å². The molecule has 0 radical (unpaired) electrons. The predicted octanol–water partition coefficient (Wildman–Crippen LogP) is 4.13. The molecule has 2 fully saturated rings. The second-order valence-corrected chi connectivity index (χ2v) is 8.22. The third-order valence-electron chi connectivity index (χ3n) is 5.93. The Morgan fingerprint density at radius 2 is 1.65 bits per heavy atom. The molecule has 1 saturated carbocycles. The van der Waals surface area contributed by atoms with Crippen LogP contribution in [0.3, 0.4) is 0 Å². The van der Waals surface area contributed by atoms with Gasteiger partial charge in [0.2, 0.25) is 0 Å². The quantitative estimate of drug-likeness (QED) is 0.749. The molecule has 0 bridgehead atoms. The molecule has 2 heterocycles. The van der Waals surface area contributed by atoms with Crippen molar-refractivity contribution >= 4 is 0 Å². The molecular formula is C23H31N3. The molecule has 1 aliphatic heterocycles. The molecule has 26 heavy (non-hydrogen) atoms. The van der Waals surface area contributed by atoms with Crippen molar-refractivity contribution in [1.29, 1.82) is 0 Å². The maximum absolute atomic E-state index is 4.51. The maximum atomic E-state index is 4.51. The summed E-state index contributed by atoms with van der Waals surface area (Å²) in [5.41, 5.74) is 4.12. The number of likely N-dealkylation sites (tertiary alicyclic amines) is 1. The van der Waals surface area contributed by atoms with Gasteiger partial charge in [0.05, 0.1) is 5.69 Å². The fourth-order valence-electron chi connectivity index (χ4n) is 4.07. The normalized spacial score (nSPS) is 19.2. The van der Waals surface area contributed by atoms with E-state index in [2.05, 4.69) is 58.2 Å². The Bertz CT molecular complexity index is 670. The highest BCUT2D eigenvalue weighted by molar-refractivity contribution is 5.23. The van der Waals surface area contributed by atoms with E-state index in [0.717, 1.165) is 25.0 Å². The predicted molar refractivity (Wildman–Crippen MR) is 107 cm³/mol. The van der Waals surface area contributed by atoms with Gasteiger partial charge in [-0.3, -0.25) is 9.88 Å². The summed E-state index contributed by atoms with van der Waals surface area (Å²) in [5, 5.41) is 0. The average molecular weight is 350 g/mol. The first-order valence-electron chi connectivity index (χ1n) is 10.2. The Hall–Kier alpha value is -1.71. The molecule has 2 aliphatic rings. The molecule has 138 valence electrons. The van der Waals surface area contributed by atoms with Gasteiger partial charge in [0.25, 0.3) is 0 Å². The zero-order chi connectivity index (χ0) is 17.8. The fraction of sp³-hybridized carbons (Fsp3) is 0.522. The molecule has 1 aromatic heterocycles. The monoisotopic (exact) mass is 349 g/mol. The van der Waals surface area contributed by atoms with Gasteiger partial charge >= 0.3 is 0 Å². The van der Waals surface area contributed by atoms with Crippen molar-refractivity contribution in [3.8, 4) is 0 Å². The number of rotatable bonds is 7. The van der Waals surface area contributed by atoms with Crippen molar-refractivity contribution in [2.45, 2.75) is 51.2 Å². The zero-order valence-electron chi connectivity index (χ0n) is 16.0. The lowest BCUT2D eigenvalue weighted by Gasteiger charge is -2.29. The number of nitrogens with zero attached hydrogens (tertiary/aromatic N) is 3. The van der Waals surface area contributed by atoms with Gasteiger partial charge in [-0.05, 0) is 81.4 Å². The Morgan fingerprint density at radius 1 is 0.923 bits per heavy atom. The van der Waals surface area contributed by atoms with Gasteiger partial charge in [0.1, 0.15) is 0 Å². The standard InChI is InChI=1S/C23H31N3/c1-25-14-11-20(12-15-25)16-19-5-7-21(8-6-19)17-26(23-9-10-23)18-22-4-2-3-13-24-22/h2-8,13,20,23H,9-12,14-18H2,1H3. The largest absolute Gasteiger partial charge is 0.306 e. The van der Waals surface area contributed by atoms with Crippen LogP contribution < -0.4 is 0 Å². The highest BCUT2D eigenvalue weighted by Gasteiger charge is 2.29. The Labute approximate surface area is 158 Å². The molecule has 1 aliphatic carbocycles. The number of benzene rings is 1. The molecule has 0 spiro atoms. The Kier molecular flexibility index (Phi) is 5.66. The first kappa shape index (κ1) is 17.7. The van der Waals surface area contributed by atoms with Gasteiger partial charge in [-0.15, -0.1) is 0 Å². The van der Waals surface area contributed by atoms with Crippen LogP contribution >= 0.6 is 0 Å². The summed E-state index contributed by atoms with van der Waals surface area (Å²) in [6.45, 7) is 4.51. The van der Waals surface area contributed by atoms with Gasteiger partial charge < -0.3 is 4.90 Å². The molecule has 0 N–H and O–H groups in total. The SMILES string of the molecule is CN1CCC(Cc2ccc(CN(Cc3ccccn3)C3CC3)cc2)CC1. The van der Waals surface area contributed by atoms with E-state index < -0.39 is 0 Å². The Balaban J connectivity index is 1.33. The lowest BCUT2D eigenvalue weighted by atomic mass is 9.90. The van der Waals surface area contributed by atoms with Crippen molar-refractivity contribution in [3.05, 3.63) is 65.5 Å². The molecule has 3 nitrogen and oxygen atoms in total. The summed E-state index contributed by atoms with van der Waals surface area (Å²) in [5.74, 6) is 0.865. The number of hydrogen-bond donors (Lipinski definition) is 0. The maximum Gasteiger partial charge on any atom is 0.0544 e. The van der Waals surface area contributed by atoms with E-state index in [1.54, 1.807) is 0 Å². The van der Waals surface area contributed by atoms with Gasteiger partial charge in [-0.25, -0.2) is 0 Å². The van der Waals surface area contributed by atoms with Gasteiger partial charge in [-0.2, -0.15) is 0 Å². The second-order valence-electron chi connectivity index (χ2n) is 8.22. The van der Waals surface area contributed by atoms with E-state index in [-0.39, 0.29) is 0 Å². The van der Waals surface area contributed by atoms with Gasteiger partial charge in [0, 0.05) is 25.3 Å². The smallest absolute Gasteiger partial charge is 0.0544 e. The summed E-state index contributed by atoms with van der Waals surface area (Å²) in [7, 11) is 2.24. The van der Waals surface area contributed by atoms with Crippen molar-refractivity contribution < 1.29 is 0 Å². The van der Waals surface area contributed by atoms with Crippen molar-refractivity contribution in [1.82, 2.24) is 14.8 Å². The molecule has 0 unspecified atom stereocenters. The van der Waals surface area contributed by atoms with E-state index >= 15 is 0 Å². The molecule has 1 saturated heterocycles. The topological polar surface area (TPSA) is 19.4 Å². The van der Waals surface area contributed by atoms with E-state index in [0.29, 0.717) is 0 Å². The third-order valence-corrected chi connectivity index (χ3v) is 5.93. The number of aromatic nitrogens is 1. The molecular weight excluding hydrogens is 318 g/mol. The lowest BCUT2D eigenvalue weighted by molar-refractivity contribution is 0.219. The Morgan fingerprint density at radius 3 is 2.31 bits per heavy atom. The number of hydrogen-bond acceptors (Lipinski definition) is 3. The van der Waals surface area contributed by atoms with Crippen LogP contribution in [0.4, 0.5) is 0 Å². The molecule has 0 amide bonds. The fourth-order valence-corrected chi connectivity index (χ4v) is 4.07. The molecule has 3 heteroatoms. The summed E-state index contributed by atoms with van der Waals surface area (Å²) in [6.07, 6.45) is 8.50. The van der Waals surface area contributed by atoms with E-state index in [9.17, 15) is 0 Å². The highest BCUT2D eigenvalue weighted by Crippen LogP contribution is 2.30. The summed E-state index contributed by atoms with van der Waals surface area (Å²) < 4.78 is 0. The average Bonchev–Trinajstić information content (AvgIpc) is 3.51. The van der Waals surface area contributed by atoms with Crippen LogP contribution in [0.1, 0.15) is 42.5 Å².